The van der Waals surface area contributed by atoms with E-state index >= 15 is 0 Å². The zero-order valence-electron chi connectivity index (χ0n) is 19.8. The van der Waals surface area contributed by atoms with Gasteiger partial charge < -0.3 is 0 Å². The van der Waals surface area contributed by atoms with Gasteiger partial charge in [-0.3, -0.25) is 0 Å². The lowest BCUT2D eigenvalue weighted by molar-refractivity contribution is 0.208. The first-order valence-corrected chi connectivity index (χ1v) is 16.7. The van der Waals surface area contributed by atoms with Crippen LogP contribution in [0.4, 0.5) is 0 Å². The molecule has 0 atom stereocenters. The van der Waals surface area contributed by atoms with Crippen LogP contribution in [0.5, 0.6) is 0 Å². The van der Waals surface area contributed by atoms with E-state index < -0.39 is 0 Å². The number of rotatable bonds is 3. The van der Waals surface area contributed by atoms with Crippen molar-refractivity contribution in [2.24, 2.45) is 0 Å². The van der Waals surface area contributed by atoms with E-state index in [1.54, 1.807) is 60.5 Å². The molecule has 2 heterocycles. The molecule has 16 heteroatoms. The van der Waals surface area contributed by atoms with Gasteiger partial charge in [-0.2, -0.15) is 0 Å². The summed E-state index contributed by atoms with van der Waals surface area (Å²) in [5.41, 5.74) is 0. The second-order valence-corrected chi connectivity index (χ2v) is 25.1. The first-order chi connectivity index (χ1) is 13.8. The number of hydrogen-bond acceptors (Lipinski definition) is 16. The second-order valence-electron chi connectivity index (χ2n) is 9.93. The summed E-state index contributed by atoms with van der Waals surface area (Å²) in [7, 11) is 0. The van der Waals surface area contributed by atoms with Crippen LogP contribution in [0, 0.1) is 0 Å². The quantitative estimate of drug-likeness (QED) is 0.239. The molecule has 0 aromatic heterocycles. The van der Waals surface area contributed by atoms with Gasteiger partial charge >= 0.3 is 0 Å². The number of thiol groups is 1. The topological polar surface area (TPSA) is 19.4 Å². The summed E-state index contributed by atoms with van der Waals surface area (Å²) in [6.45, 7) is 24.8. The van der Waals surface area contributed by atoms with E-state index in [0.29, 0.717) is 0 Å². The third kappa shape index (κ3) is 11.9. The lowest BCUT2D eigenvalue weighted by Crippen LogP contribution is -2.38. The molecule has 0 aliphatic carbocycles. The molecule has 0 spiro atoms. The predicted octanol–water partition coefficient (Wildman–Crippen LogP) is 9.13. The molecular weight excluding hydrogens is 585 g/mol. The normalized spacial score (nSPS) is 25.2. The van der Waals surface area contributed by atoms with Crippen molar-refractivity contribution in [2.75, 3.05) is 0 Å². The summed E-state index contributed by atoms with van der Waals surface area (Å²) in [4.78, 5) is 0. The molecule has 0 aromatic rings. The van der Waals surface area contributed by atoms with Crippen LogP contribution in [0.3, 0.4) is 0 Å². The fraction of sp³-hybridized carbons (Fsp3) is 1.00. The van der Waals surface area contributed by atoms with Crippen molar-refractivity contribution >= 4 is 121 Å². The molecule has 0 unspecified atom stereocenters. The van der Waals surface area contributed by atoms with Crippen molar-refractivity contribution in [3.8, 4) is 0 Å². The first-order valence-electron chi connectivity index (χ1n) is 9.49. The average Bonchev–Trinajstić information content (AvgIpc) is 2.75. The Morgan fingerprint density at radius 1 is 0.645 bits per heavy atom. The van der Waals surface area contributed by atoms with Gasteiger partial charge in [0.05, 0.1) is 52.6 Å². The molecule has 0 amide bonds. The summed E-state index contributed by atoms with van der Waals surface area (Å²) in [6, 6.07) is 0. The van der Waals surface area contributed by atoms with Gasteiger partial charge in [-0.25, -0.2) is 0 Å². The highest BCUT2D eigenvalue weighted by molar-refractivity contribution is 8.36. The van der Waals surface area contributed by atoms with E-state index in [9.17, 15) is 0 Å². The summed E-state index contributed by atoms with van der Waals surface area (Å²) < 4.78 is 13.5. The Bertz CT molecular complexity index is 592. The lowest BCUT2D eigenvalue weighted by Gasteiger charge is -2.41. The molecule has 184 valence electrons. The van der Waals surface area contributed by atoms with Crippen LogP contribution in [-0.2, 0) is 0 Å². The Morgan fingerprint density at radius 2 is 1.13 bits per heavy atom. The van der Waals surface area contributed by atoms with Crippen molar-refractivity contribution in [2.45, 2.75) is 94.5 Å². The van der Waals surface area contributed by atoms with Crippen molar-refractivity contribution in [1.82, 2.24) is 21.5 Å². The van der Waals surface area contributed by atoms with Gasteiger partial charge in [0.25, 0.3) is 0 Å². The molecule has 0 N–H and O–H groups in total. The Morgan fingerprint density at radius 3 is 1.61 bits per heavy atom. The highest BCUT2D eigenvalue weighted by Crippen LogP contribution is 2.61. The van der Waals surface area contributed by atoms with Gasteiger partial charge in [0.1, 0.15) is 0 Å². The lowest BCUT2D eigenvalue weighted by atomic mass is 10.3. The van der Waals surface area contributed by atoms with Crippen LogP contribution >= 0.6 is 121 Å². The van der Waals surface area contributed by atoms with Crippen LogP contribution < -0.4 is 0 Å². The SMILES string of the molecule is CC(C)(C)SN1SN(S)SN2SC(C)(C)SN2N(SC(C)(C)C)SN(SC(C)(C)C)S1. The Kier molecular flexibility index (Phi) is 11.6. The zero-order chi connectivity index (χ0) is 23.8. The minimum Gasteiger partial charge on any atom is -0.108 e. The van der Waals surface area contributed by atoms with Gasteiger partial charge in [0.15, 0.2) is 0 Å². The van der Waals surface area contributed by atoms with E-state index in [1.807, 2.05) is 50.9 Å². The number of hydrazine groups is 2. The van der Waals surface area contributed by atoms with Crippen LogP contribution in [0.25, 0.3) is 0 Å². The summed E-state index contributed by atoms with van der Waals surface area (Å²) in [5.74, 6) is 0. The first kappa shape index (κ1) is 30.5. The van der Waals surface area contributed by atoms with Crippen LogP contribution in [-0.4, -0.2) is 39.8 Å². The fourth-order valence-corrected chi connectivity index (χ4v) is 16.1. The van der Waals surface area contributed by atoms with E-state index in [-0.39, 0.29) is 18.3 Å². The van der Waals surface area contributed by atoms with Gasteiger partial charge in [-0.1, -0.05) is 25.0 Å². The maximum Gasteiger partial charge on any atom is 0.0899 e. The smallest absolute Gasteiger partial charge is 0.0899 e. The number of nitrogens with zero attached hydrogens (tertiary/aromatic N) is 6. The molecule has 2 aliphatic heterocycles. The third-order valence-corrected chi connectivity index (χ3v) is 12.8. The molecule has 6 nitrogen and oxygen atoms in total. The fourth-order valence-electron chi connectivity index (χ4n) is 1.71. The largest absolute Gasteiger partial charge is 0.108 e. The van der Waals surface area contributed by atoms with Gasteiger partial charge in [-0.15, -0.1) is 9.35 Å². The zero-order valence-corrected chi connectivity index (χ0v) is 28.0. The van der Waals surface area contributed by atoms with Gasteiger partial charge in [-0.05, 0) is 136 Å². The van der Waals surface area contributed by atoms with E-state index in [2.05, 4.69) is 94.6 Å². The molecule has 2 fully saturated rings. The molecule has 31 heavy (non-hydrogen) atoms. The molecule has 2 rings (SSSR count). The minimum atomic E-state index is 0.0204. The summed E-state index contributed by atoms with van der Waals surface area (Å²) in [6.07, 6.45) is 0. The highest BCUT2D eigenvalue weighted by atomic mass is 32.3. The Hall–Kier alpha value is 3.26. The van der Waals surface area contributed by atoms with E-state index in [4.69, 9.17) is 12.8 Å². The maximum atomic E-state index is 4.78. The van der Waals surface area contributed by atoms with Crippen molar-refractivity contribution in [3.05, 3.63) is 0 Å². The van der Waals surface area contributed by atoms with Crippen LogP contribution in [0.15, 0.2) is 0 Å². The van der Waals surface area contributed by atoms with Crippen LogP contribution in [0.2, 0.25) is 0 Å². The monoisotopic (exact) mass is 618 g/mol. The Balaban J connectivity index is 2.39. The van der Waals surface area contributed by atoms with Crippen molar-refractivity contribution in [3.63, 3.8) is 0 Å². The molecular formula is C15H34N6S10. The minimum absolute atomic E-state index is 0.0204. The second kappa shape index (κ2) is 11.8. The molecule has 0 saturated carbocycles. The highest BCUT2D eigenvalue weighted by Gasteiger charge is 2.47. The molecule has 2 aliphatic rings. The van der Waals surface area contributed by atoms with Gasteiger partial charge in [0, 0.05) is 14.2 Å². The van der Waals surface area contributed by atoms with Crippen LogP contribution in [0.1, 0.15) is 76.2 Å². The predicted molar refractivity (Wildman–Crippen MR) is 162 cm³/mol. The summed E-state index contributed by atoms with van der Waals surface area (Å²) in [5, 5.41) is 0. The number of fused-ring (bicyclic) bond motifs is 1. The molecule has 0 radical (unpaired) electrons. The van der Waals surface area contributed by atoms with Gasteiger partial charge in [0.2, 0.25) is 0 Å². The molecule has 0 bridgehead atoms. The third-order valence-electron chi connectivity index (χ3n) is 2.47. The maximum absolute atomic E-state index is 4.78. The number of hydrogen-bond donors (Lipinski definition) is 1. The average molecular weight is 619 g/mol. The van der Waals surface area contributed by atoms with E-state index in [0.717, 1.165) is 0 Å². The molecule has 2 saturated heterocycles. The summed E-state index contributed by atoms with van der Waals surface area (Å²) >= 11 is 20.5. The molecule has 0 aromatic carbocycles. The van der Waals surface area contributed by atoms with Crippen molar-refractivity contribution < 1.29 is 0 Å². The standard InChI is InChI=1S/C15H34N6S10/c1-12(2,3)23-17-16-18(27-15(10,11)26-16)28-19(22)30-21(25-14(7,8)9)31-20(29-17)24-13(4,5)6/h22H,1-11H3. The van der Waals surface area contributed by atoms with Crippen molar-refractivity contribution in [1.29, 1.82) is 0 Å². The van der Waals surface area contributed by atoms with E-state index in [1.165, 1.54) is 0 Å². The Labute approximate surface area is 234 Å².